The number of hydrogen-bond acceptors (Lipinski definition) is 5. The minimum absolute atomic E-state index is 0.00783. The molecule has 1 aromatic heterocycles. The molecule has 0 unspecified atom stereocenters. The van der Waals surface area contributed by atoms with Crippen molar-refractivity contribution in [3.63, 3.8) is 0 Å². The summed E-state index contributed by atoms with van der Waals surface area (Å²) in [6, 6.07) is 20.8. The van der Waals surface area contributed by atoms with Crippen LogP contribution in [0.3, 0.4) is 0 Å². The summed E-state index contributed by atoms with van der Waals surface area (Å²) in [6.45, 7) is 1.50. The van der Waals surface area contributed by atoms with Crippen molar-refractivity contribution in [2.24, 2.45) is 0 Å². The third-order valence-electron chi connectivity index (χ3n) is 5.03. The minimum Gasteiger partial charge on any atom is -0.325 e. The molecule has 174 valence electrons. The summed E-state index contributed by atoms with van der Waals surface area (Å²) in [5.41, 5.74) is 2.92. The van der Waals surface area contributed by atoms with Crippen LogP contribution in [0.5, 0.6) is 0 Å². The summed E-state index contributed by atoms with van der Waals surface area (Å²) in [4.78, 5) is 17.3. The highest BCUT2D eigenvalue weighted by Gasteiger charge is 2.27. The molecule has 1 N–H and O–H groups in total. The number of benzene rings is 3. The average Bonchev–Trinajstić information content (AvgIpc) is 3.26. The van der Waals surface area contributed by atoms with Crippen molar-refractivity contribution in [2.45, 2.75) is 18.4 Å². The maximum absolute atomic E-state index is 13.4. The molecule has 0 bridgehead atoms. The van der Waals surface area contributed by atoms with Gasteiger partial charge in [-0.1, -0.05) is 42.5 Å². The van der Waals surface area contributed by atoms with Gasteiger partial charge in [0.2, 0.25) is 15.9 Å². The number of amides is 1. The van der Waals surface area contributed by atoms with Gasteiger partial charge in [0.15, 0.2) is 0 Å². The van der Waals surface area contributed by atoms with E-state index >= 15 is 0 Å². The zero-order chi connectivity index (χ0) is 24.1. The van der Waals surface area contributed by atoms with Gasteiger partial charge in [-0.3, -0.25) is 4.79 Å². The molecule has 34 heavy (non-hydrogen) atoms. The van der Waals surface area contributed by atoms with E-state index in [9.17, 15) is 17.6 Å². The van der Waals surface area contributed by atoms with Gasteiger partial charge in [-0.05, 0) is 48.9 Å². The molecule has 0 radical (unpaired) electrons. The first kappa shape index (κ1) is 23.7. The van der Waals surface area contributed by atoms with Crippen molar-refractivity contribution >= 4 is 33.0 Å². The second-order valence-corrected chi connectivity index (χ2v) is 10.6. The highest BCUT2D eigenvalue weighted by molar-refractivity contribution is 7.89. The van der Waals surface area contributed by atoms with Crippen LogP contribution in [0, 0.1) is 12.7 Å². The molecule has 3 aromatic carbocycles. The van der Waals surface area contributed by atoms with Crippen LogP contribution in [-0.4, -0.2) is 30.2 Å². The first-order chi connectivity index (χ1) is 16.3. The van der Waals surface area contributed by atoms with Crippen LogP contribution in [0.1, 0.15) is 10.6 Å². The monoisotopic (exact) mass is 495 g/mol. The number of nitrogens with one attached hydrogen (secondary N) is 1. The highest BCUT2D eigenvalue weighted by Crippen LogP contribution is 2.24. The third-order valence-corrected chi connectivity index (χ3v) is 7.61. The maximum Gasteiger partial charge on any atom is 0.243 e. The van der Waals surface area contributed by atoms with Crippen molar-refractivity contribution in [1.82, 2.24) is 9.29 Å². The van der Waals surface area contributed by atoms with Crippen LogP contribution >= 0.6 is 11.3 Å². The van der Waals surface area contributed by atoms with Gasteiger partial charge in [0, 0.05) is 23.2 Å². The smallest absolute Gasteiger partial charge is 0.243 e. The maximum atomic E-state index is 13.4. The number of anilines is 1. The molecular weight excluding hydrogens is 473 g/mol. The number of sulfonamides is 1. The molecule has 0 aliphatic heterocycles. The zero-order valence-corrected chi connectivity index (χ0v) is 19.9. The quantitative estimate of drug-likeness (QED) is 0.369. The highest BCUT2D eigenvalue weighted by atomic mass is 32.2. The van der Waals surface area contributed by atoms with Crippen molar-refractivity contribution in [2.75, 3.05) is 11.9 Å². The average molecular weight is 496 g/mol. The number of hydrogen-bond donors (Lipinski definition) is 1. The Bertz CT molecular complexity index is 1390. The molecule has 0 aliphatic carbocycles. The van der Waals surface area contributed by atoms with E-state index in [0.717, 1.165) is 38.3 Å². The zero-order valence-electron chi connectivity index (χ0n) is 18.3. The van der Waals surface area contributed by atoms with Crippen LogP contribution in [0.4, 0.5) is 10.1 Å². The summed E-state index contributed by atoms with van der Waals surface area (Å²) in [6.07, 6.45) is 0. The normalized spacial score (nSPS) is 11.5. The molecule has 0 aliphatic rings. The SMILES string of the molecule is Cc1nc(-c2cccc(NC(=O)CN(Cc3ccccc3)S(=O)(=O)c3ccc(F)cc3)c2)cs1. The van der Waals surface area contributed by atoms with Crippen LogP contribution in [-0.2, 0) is 21.4 Å². The number of aryl methyl sites for hydroxylation is 1. The molecule has 6 nitrogen and oxygen atoms in total. The second kappa shape index (κ2) is 10.3. The summed E-state index contributed by atoms with van der Waals surface area (Å²) in [7, 11) is -4.05. The molecule has 0 saturated carbocycles. The first-order valence-corrected chi connectivity index (χ1v) is 12.8. The van der Waals surface area contributed by atoms with E-state index in [4.69, 9.17) is 0 Å². The predicted molar refractivity (Wildman–Crippen MR) is 131 cm³/mol. The molecule has 1 amide bonds. The fourth-order valence-electron chi connectivity index (χ4n) is 3.38. The lowest BCUT2D eigenvalue weighted by Gasteiger charge is -2.22. The first-order valence-electron chi connectivity index (χ1n) is 10.4. The summed E-state index contributed by atoms with van der Waals surface area (Å²) >= 11 is 1.53. The Balaban J connectivity index is 1.56. The Morgan fingerprint density at radius 1 is 1.03 bits per heavy atom. The van der Waals surface area contributed by atoms with Crippen molar-refractivity contribution in [3.8, 4) is 11.3 Å². The van der Waals surface area contributed by atoms with Gasteiger partial charge < -0.3 is 5.32 Å². The molecule has 4 aromatic rings. The van der Waals surface area contributed by atoms with Crippen LogP contribution in [0.15, 0.2) is 89.1 Å². The van der Waals surface area contributed by atoms with Gasteiger partial charge in [-0.2, -0.15) is 4.31 Å². The van der Waals surface area contributed by atoms with Gasteiger partial charge in [0.25, 0.3) is 0 Å². The topological polar surface area (TPSA) is 79.4 Å². The Labute approximate surface area is 201 Å². The van der Waals surface area contributed by atoms with E-state index in [1.54, 1.807) is 42.5 Å². The Morgan fingerprint density at radius 3 is 2.44 bits per heavy atom. The standard InChI is InChI=1S/C25H22FN3O3S2/c1-18-27-24(17-33-18)20-8-5-9-22(14-20)28-25(30)16-29(15-19-6-3-2-4-7-19)34(31,32)23-12-10-21(26)11-13-23/h2-14,17H,15-16H2,1H3,(H,28,30). The molecule has 4 rings (SSSR count). The van der Waals surface area contributed by atoms with E-state index in [2.05, 4.69) is 10.3 Å². The van der Waals surface area contributed by atoms with Gasteiger partial charge >= 0.3 is 0 Å². The Hall–Kier alpha value is -3.40. The molecule has 0 saturated heterocycles. The minimum atomic E-state index is -4.05. The predicted octanol–water partition coefficient (Wildman–Crippen LogP) is 5.09. The van der Waals surface area contributed by atoms with E-state index in [0.29, 0.717) is 5.69 Å². The number of halogens is 1. The number of nitrogens with zero attached hydrogens (tertiary/aromatic N) is 2. The van der Waals surface area contributed by atoms with Crippen LogP contribution in [0.25, 0.3) is 11.3 Å². The number of rotatable bonds is 8. The van der Waals surface area contributed by atoms with E-state index < -0.39 is 28.3 Å². The van der Waals surface area contributed by atoms with Crippen LogP contribution in [0.2, 0.25) is 0 Å². The summed E-state index contributed by atoms with van der Waals surface area (Å²) < 4.78 is 41.0. The molecule has 0 atom stereocenters. The fraction of sp³-hybridized carbons (Fsp3) is 0.120. The Morgan fingerprint density at radius 2 is 1.76 bits per heavy atom. The molecule has 0 spiro atoms. The fourth-order valence-corrected chi connectivity index (χ4v) is 5.39. The summed E-state index contributed by atoms with van der Waals surface area (Å²) in [5.74, 6) is -1.03. The lowest BCUT2D eigenvalue weighted by molar-refractivity contribution is -0.116. The van der Waals surface area contributed by atoms with Crippen molar-refractivity contribution < 1.29 is 17.6 Å². The second-order valence-electron chi connectivity index (χ2n) is 7.59. The van der Waals surface area contributed by atoms with Crippen molar-refractivity contribution in [3.05, 3.63) is 101 Å². The Kier molecular flexibility index (Phi) is 7.16. The lowest BCUT2D eigenvalue weighted by atomic mass is 10.1. The van der Waals surface area contributed by atoms with Crippen molar-refractivity contribution in [1.29, 1.82) is 0 Å². The largest absolute Gasteiger partial charge is 0.325 e. The van der Waals surface area contributed by atoms with E-state index in [1.807, 2.05) is 24.4 Å². The number of carbonyl (C=O) groups is 1. The van der Waals surface area contributed by atoms with Gasteiger partial charge in [-0.25, -0.2) is 17.8 Å². The van der Waals surface area contributed by atoms with Gasteiger partial charge in [0.1, 0.15) is 5.82 Å². The lowest BCUT2D eigenvalue weighted by Crippen LogP contribution is -2.37. The van der Waals surface area contributed by atoms with Gasteiger partial charge in [0.05, 0.1) is 22.1 Å². The molecule has 9 heteroatoms. The van der Waals surface area contributed by atoms with Gasteiger partial charge in [-0.15, -0.1) is 11.3 Å². The number of aromatic nitrogens is 1. The number of carbonyl (C=O) groups excluding carboxylic acids is 1. The molecular formula is C25H22FN3O3S2. The summed E-state index contributed by atoms with van der Waals surface area (Å²) in [5, 5.41) is 5.65. The molecule has 1 heterocycles. The number of thiazole rings is 1. The molecule has 0 fully saturated rings. The van der Waals surface area contributed by atoms with E-state index in [1.165, 1.54) is 23.5 Å². The van der Waals surface area contributed by atoms with E-state index in [-0.39, 0.29) is 11.4 Å². The third kappa shape index (κ3) is 5.74. The van der Waals surface area contributed by atoms with Crippen LogP contribution < -0.4 is 5.32 Å².